The number of nitrogens with zero attached hydrogens (tertiary/aromatic N) is 3. The maximum atomic E-state index is 5.44. The van der Waals surface area contributed by atoms with Gasteiger partial charge in [0.05, 0.1) is 6.61 Å². The Morgan fingerprint density at radius 3 is 2.40 bits per heavy atom. The van der Waals surface area contributed by atoms with E-state index in [0.717, 1.165) is 16.8 Å². The van der Waals surface area contributed by atoms with E-state index in [1.54, 1.807) is 12.7 Å². The molecule has 0 atom stereocenters. The summed E-state index contributed by atoms with van der Waals surface area (Å²) in [4.78, 5) is 0. The van der Waals surface area contributed by atoms with E-state index >= 15 is 0 Å². The SMILES string of the molecule is BrCCOc1ccc(-n2cnnc2)cc1. The summed E-state index contributed by atoms with van der Waals surface area (Å²) < 4.78 is 7.28. The summed E-state index contributed by atoms with van der Waals surface area (Å²) in [6.07, 6.45) is 3.32. The summed E-state index contributed by atoms with van der Waals surface area (Å²) >= 11 is 3.31. The first kappa shape index (κ1) is 10.2. The maximum absolute atomic E-state index is 5.44. The topological polar surface area (TPSA) is 39.9 Å². The zero-order valence-electron chi connectivity index (χ0n) is 8.01. The fraction of sp³-hybridized carbons (Fsp3) is 0.200. The van der Waals surface area contributed by atoms with Crippen molar-refractivity contribution >= 4 is 15.9 Å². The molecular weight excluding hydrogens is 258 g/mol. The fourth-order valence-corrected chi connectivity index (χ4v) is 1.37. The normalized spacial score (nSPS) is 10.2. The number of ether oxygens (including phenoxy) is 1. The van der Waals surface area contributed by atoms with E-state index in [-0.39, 0.29) is 0 Å². The lowest BCUT2D eigenvalue weighted by molar-refractivity contribution is 0.345. The zero-order chi connectivity index (χ0) is 10.5. The molecule has 0 bridgehead atoms. The van der Waals surface area contributed by atoms with Gasteiger partial charge in [-0.3, -0.25) is 4.57 Å². The van der Waals surface area contributed by atoms with Crippen LogP contribution in [0.1, 0.15) is 0 Å². The van der Waals surface area contributed by atoms with Crippen LogP contribution in [0.2, 0.25) is 0 Å². The summed E-state index contributed by atoms with van der Waals surface area (Å²) in [6.45, 7) is 0.673. The molecule has 1 heterocycles. The first-order chi connectivity index (χ1) is 7.40. The smallest absolute Gasteiger partial charge is 0.123 e. The van der Waals surface area contributed by atoms with Gasteiger partial charge in [-0.15, -0.1) is 10.2 Å². The lowest BCUT2D eigenvalue weighted by atomic mass is 10.3. The van der Waals surface area contributed by atoms with E-state index in [2.05, 4.69) is 26.1 Å². The Morgan fingerprint density at radius 2 is 1.80 bits per heavy atom. The summed E-state index contributed by atoms with van der Waals surface area (Å²) in [6, 6.07) is 7.79. The highest BCUT2D eigenvalue weighted by molar-refractivity contribution is 9.09. The average molecular weight is 268 g/mol. The van der Waals surface area contributed by atoms with Gasteiger partial charge < -0.3 is 4.74 Å². The monoisotopic (exact) mass is 267 g/mol. The lowest BCUT2D eigenvalue weighted by Crippen LogP contribution is -1.98. The van der Waals surface area contributed by atoms with Gasteiger partial charge in [0.2, 0.25) is 0 Å². The second-order valence-electron chi connectivity index (χ2n) is 2.90. The van der Waals surface area contributed by atoms with Crippen molar-refractivity contribution < 1.29 is 4.74 Å². The molecule has 0 N–H and O–H groups in total. The van der Waals surface area contributed by atoms with Crippen LogP contribution in [0.4, 0.5) is 0 Å². The van der Waals surface area contributed by atoms with Crippen molar-refractivity contribution in [1.82, 2.24) is 14.8 Å². The summed E-state index contributed by atoms with van der Waals surface area (Å²) in [5.74, 6) is 0.867. The molecular formula is C10H10BrN3O. The number of hydrogen-bond acceptors (Lipinski definition) is 3. The molecule has 0 radical (unpaired) electrons. The van der Waals surface area contributed by atoms with Gasteiger partial charge in [-0.25, -0.2) is 0 Å². The van der Waals surface area contributed by atoms with Crippen molar-refractivity contribution in [2.75, 3.05) is 11.9 Å². The van der Waals surface area contributed by atoms with E-state index in [0.29, 0.717) is 6.61 Å². The number of rotatable bonds is 4. The average Bonchev–Trinajstić information content (AvgIpc) is 2.80. The van der Waals surface area contributed by atoms with Crippen LogP contribution in [0.25, 0.3) is 5.69 Å². The first-order valence-electron chi connectivity index (χ1n) is 4.54. The Bertz CT molecular complexity index is 399. The molecule has 0 fully saturated rings. The van der Waals surface area contributed by atoms with Crippen molar-refractivity contribution in [3.63, 3.8) is 0 Å². The molecule has 2 aromatic rings. The molecule has 78 valence electrons. The molecule has 0 aliphatic carbocycles. The van der Waals surface area contributed by atoms with Gasteiger partial charge in [-0.2, -0.15) is 0 Å². The lowest BCUT2D eigenvalue weighted by Gasteiger charge is -2.05. The molecule has 0 spiro atoms. The molecule has 15 heavy (non-hydrogen) atoms. The molecule has 5 heteroatoms. The Balaban J connectivity index is 2.11. The summed E-state index contributed by atoms with van der Waals surface area (Å²) in [5.41, 5.74) is 1.02. The predicted molar refractivity (Wildman–Crippen MR) is 60.6 cm³/mol. The van der Waals surface area contributed by atoms with Crippen molar-refractivity contribution in [3.8, 4) is 11.4 Å². The van der Waals surface area contributed by atoms with Crippen LogP contribution >= 0.6 is 15.9 Å². The molecule has 0 saturated heterocycles. The first-order valence-corrected chi connectivity index (χ1v) is 5.66. The van der Waals surface area contributed by atoms with E-state index in [1.165, 1.54) is 0 Å². The van der Waals surface area contributed by atoms with Crippen molar-refractivity contribution in [3.05, 3.63) is 36.9 Å². The number of aromatic nitrogens is 3. The molecule has 0 amide bonds. The van der Waals surface area contributed by atoms with Gasteiger partial charge in [0.15, 0.2) is 0 Å². The number of benzene rings is 1. The zero-order valence-corrected chi connectivity index (χ0v) is 9.59. The van der Waals surface area contributed by atoms with Crippen molar-refractivity contribution in [2.45, 2.75) is 0 Å². The molecule has 0 aliphatic rings. The third-order valence-electron chi connectivity index (χ3n) is 1.90. The van der Waals surface area contributed by atoms with Gasteiger partial charge in [0.25, 0.3) is 0 Å². The fourth-order valence-electron chi connectivity index (χ4n) is 1.20. The highest BCUT2D eigenvalue weighted by Gasteiger charge is 1.97. The van der Waals surface area contributed by atoms with Gasteiger partial charge in [0.1, 0.15) is 18.4 Å². The minimum Gasteiger partial charge on any atom is -0.493 e. The Kier molecular flexibility index (Phi) is 3.34. The van der Waals surface area contributed by atoms with Gasteiger partial charge in [0, 0.05) is 11.0 Å². The predicted octanol–water partition coefficient (Wildman–Crippen LogP) is 2.04. The summed E-state index contributed by atoms with van der Waals surface area (Å²) in [5, 5.41) is 8.33. The maximum Gasteiger partial charge on any atom is 0.123 e. The third kappa shape index (κ3) is 2.56. The molecule has 4 nitrogen and oxygen atoms in total. The second kappa shape index (κ2) is 4.93. The molecule has 0 unspecified atom stereocenters. The third-order valence-corrected chi connectivity index (χ3v) is 2.22. The minimum atomic E-state index is 0.673. The van der Waals surface area contributed by atoms with Gasteiger partial charge in [-0.05, 0) is 24.3 Å². The van der Waals surface area contributed by atoms with E-state index in [9.17, 15) is 0 Å². The Labute approximate surface area is 96.0 Å². The Morgan fingerprint density at radius 1 is 1.13 bits per heavy atom. The number of halogens is 1. The van der Waals surface area contributed by atoms with Crippen molar-refractivity contribution in [2.24, 2.45) is 0 Å². The van der Waals surface area contributed by atoms with Crippen LogP contribution < -0.4 is 4.74 Å². The van der Waals surface area contributed by atoms with Crippen LogP contribution in [0, 0.1) is 0 Å². The summed E-state index contributed by atoms with van der Waals surface area (Å²) in [7, 11) is 0. The van der Waals surface area contributed by atoms with Crippen molar-refractivity contribution in [1.29, 1.82) is 0 Å². The van der Waals surface area contributed by atoms with Crippen LogP contribution in [-0.2, 0) is 0 Å². The molecule has 0 aliphatic heterocycles. The standard InChI is InChI=1S/C10H10BrN3O/c11-5-6-15-10-3-1-9(2-4-10)14-7-12-13-8-14/h1-4,7-8H,5-6H2. The number of hydrogen-bond donors (Lipinski definition) is 0. The Hall–Kier alpha value is -1.36. The number of alkyl halides is 1. The highest BCUT2D eigenvalue weighted by Crippen LogP contribution is 2.14. The molecule has 1 aromatic heterocycles. The van der Waals surface area contributed by atoms with E-state index in [4.69, 9.17) is 4.74 Å². The van der Waals surface area contributed by atoms with Gasteiger partial charge in [-0.1, -0.05) is 15.9 Å². The van der Waals surface area contributed by atoms with E-state index < -0.39 is 0 Å². The molecule has 2 rings (SSSR count). The van der Waals surface area contributed by atoms with Crippen LogP contribution in [0.3, 0.4) is 0 Å². The largest absolute Gasteiger partial charge is 0.493 e. The van der Waals surface area contributed by atoms with Crippen LogP contribution in [0.15, 0.2) is 36.9 Å². The second-order valence-corrected chi connectivity index (χ2v) is 3.69. The molecule has 1 aromatic carbocycles. The minimum absolute atomic E-state index is 0.673. The molecule has 0 saturated carbocycles. The highest BCUT2D eigenvalue weighted by atomic mass is 79.9. The van der Waals surface area contributed by atoms with Gasteiger partial charge >= 0.3 is 0 Å². The van der Waals surface area contributed by atoms with Crippen LogP contribution in [-0.4, -0.2) is 26.7 Å². The van der Waals surface area contributed by atoms with E-state index in [1.807, 2.05) is 28.8 Å². The quantitative estimate of drug-likeness (QED) is 0.797. The van der Waals surface area contributed by atoms with Crippen LogP contribution in [0.5, 0.6) is 5.75 Å².